The molecule has 3 N–H and O–H groups in total. The van der Waals surface area contributed by atoms with Crippen molar-refractivity contribution >= 4 is 22.8 Å². The first-order valence-electron chi connectivity index (χ1n) is 6.66. The van der Waals surface area contributed by atoms with Gasteiger partial charge < -0.3 is 19.9 Å². The molecule has 5 nitrogen and oxygen atoms in total. The minimum absolute atomic E-state index is 0.241. The van der Waals surface area contributed by atoms with Crippen LogP contribution in [0.2, 0.25) is 0 Å². The number of aryl methyl sites for hydroxylation is 1. The molecule has 1 unspecified atom stereocenters. The number of nitrogens with zero attached hydrogens (tertiary/aromatic N) is 1. The number of anilines is 2. The van der Waals surface area contributed by atoms with Gasteiger partial charge in [0.25, 0.3) is 6.01 Å². The molecule has 0 aliphatic rings. The van der Waals surface area contributed by atoms with E-state index in [1.165, 1.54) is 0 Å². The first-order valence-corrected chi connectivity index (χ1v) is 6.66. The minimum atomic E-state index is 0.241. The second-order valence-corrected chi connectivity index (χ2v) is 4.91. The number of rotatable bonds is 5. The number of nitrogen functional groups attached to an aromatic ring is 1. The van der Waals surface area contributed by atoms with Gasteiger partial charge in [-0.3, -0.25) is 0 Å². The summed E-state index contributed by atoms with van der Waals surface area (Å²) in [5.74, 6) is 0.990. The van der Waals surface area contributed by atoms with Gasteiger partial charge in [0.1, 0.15) is 11.3 Å². The predicted molar refractivity (Wildman–Crippen MR) is 78.5 cm³/mol. The lowest BCUT2D eigenvalue weighted by Crippen LogP contribution is -2.16. The zero-order chi connectivity index (χ0) is 13.9. The molecule has 20 heavy (non-hydrogen) atoms. The van der Waals surface area contributed by atoms with Crippen molar-refractivity contribution in [3.8, 4) is 0 Å². The van der Waals surface area contributed by atoms with Crippen LogP contribution in [-0.2, 0) is 6.42 Å². The number of furan rings is 1. The third-order valence-corrected chi connectivity index (χ3v) is 3.19. The van der Waals surface area contributed by atoms with Crippen LogP contribution in [0.3, 0.4) is 0 Å². The van der Waals surface area contributed by atoms with Crippen LogP contribution in [0, 0.1) is 0 Å². The standard InChI is InChI=1S/C15H17N3O2/c1-10(4-6-12-3-2-8-19-12)17-15-18-13-7-5-11(16)9-14(13)20-15/h2-3,5,7-10H,4,6,16H2,1H3,(H,17,18). The van der Waals surface area contributed by atoms with E-state index in [0.29, 0.717) is 17.3 Å². The van der Waals surface area contributed by atoms with Crippen LogP contribution in [-0.4, -0.2) is 11.0 Å². The number of nitrogens with two attached hydrogens (primary N) is 1. The third-order valence-electron chi connectivity index (χ3n) is 3.19. The average Bonchev–Trinajstić information content (AvgIpc) is 3.04. The Balaban J connectivity index is 1.63. The maximum absolute atomic E-state index is 5.72. The monoisotopic (exact) mass is 271 g/mol. The zero-order valence-corrected chi connectivity index (χ0v) is 11.3. The smallest absolute Gasteiger partial charge is 0.295 e. The highest BCUT2D eigenvalue weighted by Crippen LogP contribution is 2.22. The van der Waals surface area contributed by atoms with Crippen LogP contribution in [0.5, 0.6) is 0 Å². The molecule has 2 heterocycles. The Labute approximate surface area is 116 Å². The molecule has 0 bridgehead atoms. The summed E-state index contributed by atoms with van der Waals surface area (Å²) >= 11 is 0. The van der Waals surface area contributed by atoms with Crippen molar-refractivity contribution < 1.29 is 8.83 Å². The van der Waals surface area contributed by atoms with Gasteiger partial charge in [0.05, 0.1) is 6.26 Å². The van der Waals surface area contributed by atoms with Crippen molar-refractivity contribution in [2.24, 2.45) is 0 Å². The Hall–Kier alpha value is -2.43. The van der Waals surface area contributed by atoms with Gasteiger partial charge in [-0.1, -0.05) is 0 Å². The molecule has 104 valence electrons. The quantitative estimate of drug-likeness (QED) is 0.695. The zero-order valence-electron chi connectivity index (χ0n) is 11.3. The normalized spacial score (nSPS) is 12.7. The number of benzene rings is 1. The number of hydrogen-bond donors (Lipinski definition) is 2. The van der Waals surface area contributed by atoms with Crippen molar-refractivity contribution in [3.05, 3.63) is 42.4 Å². The summed E-state index contributed by atoms with van der Waals surface area (Å²) in [7, 11) is 0. The highest BCUT2D eigenvalue weighted by molar-refractivity contribution is 5.78. The van der Waals surface area contributed by atoms with E-state index in [1.807, 2.05) is 24.3 Å². The summed E-state index contributed by atoms with van der Waals surface area (Å²) in [6.45, 7) is 2.09. The average molecular weight is 271 g/mol. The summed E-state index contributed by atoms with van der Waals surface area (Å²) in [4.78, 5) is 4.38. The number of hydrogen-bond acceptors (Lipinski definition) is 5. The number of nitrogens with one attached hydrogen (secondary N) is 1. The van der Waals surface area contributed by atoms with Crippen LogP contribution < -0.4 is 11.1 Å². The fraction of sp³-hybridized carbons (Fsp3) is 0.267. The van der Waals surface area contributed by atoms with Gasteiger partial charge in [0.2, 0.25) is 0 Å². The molecule has 3 rings (SSSR count). The highest BCUT2D eigenvalue weighted by atomic mass is 16.4. The van der Waals surface area contributed by atoms with Gasteiger partial charge in [-0.15, -0.1) is 0 Å². The number of aromatic nitrogens is 1. The number of fused-ring (bicyclic) bond motifs is 1. The van der Waals surface area contributed by atoms with Crippen molar-refractivity contribution in [2.45, 2.75) is 25.8 Å². The molecule has 0 saturated heterocycles. The summed E-state index contributed by atoms with van der Waals surface area (Å²) in [5, 5.41) is 3.25. The van der Waals surface area contributed by atoms with E-state index in [1.54, 1.807) is 12.3 Å². The van der Waals surface area contributed by atoms with Crippen molar-refractivity contribution in [1.82, 2.24) is 4.98 Å². The Morgan fingerprint density at radius 3 is 3.05 bits per heavy atom. The van der Waals surface area contributed by atoms with E-state index >= 15 is 0 Å². The molecule has 3 aromatic rings. The SMILES string of the molecule is CC(CCc1ccco1)Nc1nc2ccc(N)cc2o1. The fourth-order valence-corrected chi connectivity index (χ4v) is 2.10. The van der Waals surface area contributed by atoms with Crippen molar-refractivity contribution in [2.75, 3.05) is 11.1 Å². The van der Waals surface area contributed by atoms with E-state index in [9.17, 15) is 0 Å². The van der Waals surface area contributed by atoms with E-state index in [-0.39, 0.29) is 6.04 Å². The Kier molecular flexibility index (Phi) is 3.33. The van der Waals surface area contributed by atoms with Gasteiger partial charge in [0.15, 0.2) is 5.58 Å². The topological polar surface area (TPSA) is 77.2 Å². The van der Waals surface area contributed by atoms with Crippen LogP contribution >= 0.6 is 0 Å². The third kappa shape index (κ3) is 2.77. The second-order valence-electron chi connectivity index (χ2n) is 4.91. The minimum Gasteiger partial charge on any atom is -0.469 e. The molecule has 0 amide bonds. The first-order chi connectivity index (χ1) is 9.70. The molecular formula is C15H17N3O2. The van der Waals surface area contributed by atoms with Crippen LogP contribution in [0.4, 0.5) is 11.7 Å². The molecule has 0 saturated carbocycles. The van der Waals surface area contributed by atoms with Gasteiger partial charge in [0, 0.05) is 24.2 Å². The Morgan fingerprint density at radius 1 is 1.35 bits per heavy atom. The molecule has 5 heteroatoms. The van der Waals surface area contributed by atoms with Crippen LogP contribution in [0.15, 0.2) is 45.4 Å². The van der Waals surface area contributed by atoms with Gasteiger partial charge in [-0.2, -0.15) is 4.98 Å². The van der Waals surface area contributed by atoms with Gasteiger partial charge in [-0.05, 0) is 37.6 Å². The predicted octanol–water partition coefficient (Wildman–Crippen LogP) is 3.44. The van der Waals surface area contributed by atoms with Gasteiger partial charge >= 0.3 is 0 Å². The molecule has 2 aromatic heterocycles. The van der Waals surface area contributed by atoms with E-state index < -0.39 is 0 Å². The van der Waals surface area contributed by atoms with Crippen molar-refractivity contribution in [1.29, 1.82) is 0 Å². The molecule has 0 aliphatic carbocycles. The molecule has 1 atom stereocenters. The summed E-state index contributed by atoms with van der Waals surface area (Å²) < 4.78 is 10.9. The second kappa shape index (κ2) is 5.28. The van der Waals surface area contributed by atoms with Gasteiger partial charge in [-0.25, -0.2) is 0 Å². The molecule has 0 spiro atoms. The lowest BCUT2D eigenvalue weighted by molar-refractivity contribution is 0.492. The summed E-state index contributed by atoms with van der Waals surface area (Å²) in [6.07, 6.45) is 3.52. The molecular weight excluding hydrogens is 254 g/mol. The molecule has 0 aliphatic heterocycles. The lowest BCUT2D eigenvalue weighted by atomic mass is 10.1. The first kappa shape index (κ1) is 12.6. The van der Waals surface area contributed by atoms with E-state index in [2.05, 4.69) is 17.2 Å². The summed E-state index contributed by atoms with van der Waals surface area (Å²) in [5.41, 5.74) is 7.90. The highest BCUT2D eigenvalue weighted by Gasteiger charge is 2.09. The Morgan fingerprint density at radius 2 is 2.25 bits per heavy atom. The van der Waals surface area contributed by atoms with E-state index in [4.69, 9.17) is 14.6 Å². The summed E-state index contributed by atoms with van der Waals surface area (Å²) in [6, 6.07) is 10.1. The molecule has 1 aromatic carbocycles. The molecule has 0 fully saturated rings. The maximum atomic E-state index is 5.72. The van der Waals surface area contributed by atoms with Crippen LogP contribution in [0.1, 0.15) is 19.1 Å². The maximum Gasteiger partial charge on any atom is 0.295 e. The molecule has 0 radical (unpaired) electrons. The largest absolute Gasteiger partial charge is 0.469 e. The Bertz CT molecular complexity index is 688. The number of oxazole rings is 1. The van der Waals surface area contributed by atoms with E-state index in [0.717, 1.165) is 24.1 Å². The fourth-order valence-electron chi connectivity index (χ4n) is 2.10. The van der Waals surface area contributed by atoms with Crippen molar-refractivity contribution in [3.63, 3.8) is 0 Å². The lowest BCUT2D eigenvalue weighted by Gasteiger charge is -2.10. The van der Waals surface area contributed by atoms with Crippen LogP contribution in [0.25, 0.3) is 11.1 Å².